The van der Waals surface area contributed by atoms with E-state index in [1.54, 1.807) is 11.3 Å². The zero-order valence-corrected chi connectivity index (χ0v) is 21.8. The number of allylic oxidation sites excluding steroid dienone is 1. The molecule has 0 saturated carbocycles. The minimum Gasteiger partial charge on any atom is -0.507 e. The van der Waals surface area contributed by atoms with Gasteiger partial charge in [-0.15, -0.1) is 11.3 Å². The minimum absolute atomic E-state index is 0.101. The zero-order valence-electron chi connectivity index (χ0n) is 21.0. The number of ether oxygens (including phenoxy) is 1. The highest BCUT2D eigenvalue weighted by molar-refractivity contribution is 7.09. The lowest BCUT2D eigenvalue weighted by Crippen LogP contribution is -2.34. The number of thiophene rings is 1. The fraction of sp³-hybridized carbons (Fsp3) is 0.448. The van der Waals surface area contributed by atoms with E-state index in [2.05, 4.69) is 13.0 Å². The summed E-state index contributed by atoms with van der Waals surface area (Å²) in [7, 11) is 0. The van der Waals surface area contributed by atoms with E-state index >= 15 is 0 Å². The van der Waals surface area contributed by atoms with Crippen molar-refractivity contribution in [2.45, 2.75) is 52.7 Å². The lowest BCUT2D eigenvalue weighted by molar-refractivity contribution is -0.140. The highest BCUT2D eigenvalue weighted by Crippen LogP contribution is 2.50. The molecule has 190 valence electrons. The van der Waals surface area contributed by atoms with Crippen LogP contribution in [0.25, 0.3) is 6.08 Å². The van der Waals surface area contributed by atoms with Gasteiger partial charge in [-0.2, -0.15) is 0 Å². The number of rotatable bonds is 7. The number of carbonyl (C=O) groups is 2. The molecule has 2 fully saturated rings. The van der Waals surface area contributed by atoms with Crippen molar-refractivity contribution in [2.24, 2.45) is 17.8 Å². The Labute approximate surface area is 215 Å². The third-order valence-corrected chi connectivity index (χ3v) is 8.77. The van der Waals surface area contributed by atoms with Crippen LogP contribution in [0.5, 0.6) is 5.75 Å². The average molecular weight is 508 g/mol. The number of nitrogens with zero attached hydrogens (tertiary/aromatic N) is 1. The van der Waals surface area contributed by atoms with Crippen molar-refractivity contribution >= 4 is 29.2 Å². The molecule has 1 aromatic heterocycles. The number of imide groups is 1. The molecular formula is C29H33NO5S. The molecule has 3 aliphatic rings. The van der Waals surface area contributed by atoms with Crippen LogP contribution in [-0.2, 0) is 20.9 Å². The summed E-state index contributed by atoms with van der Waals surface area (Å²) in [4.78, 5) is 29.0. The Morgan fingerprint density at radius 3 is 2.61 bits per heavy atom. The molecule has 2 aromatic rings. The summed E-state index contributed by atoms with van der Waals surface area (Å²) in [6.07, 6.45) is 3.97. The first-order valence-electron chi connectivity index (χ1n) is 12.6. The summed E-state index contributed by atoms with van der Waals surface area (Å²) in [6.45, 7) is 6.51. The summed E-state index contributed by atoms with van der Waals surface area (Å²) < 4.78 is 6.21. The van der Waals surface area contributed by atoms with Gasteiger partial charge in [-0.05, 0) is 91.4 Å². The molecule has 6 nitrogen and oxygen atoms in total. The Kier molecular flexibility index (Phi) is 6.90. The van der Waals surface area contributed by atoms with Gasteiger partial charge in [0.25, 0.3) is 0 Å². The summed E-state index contributed by atoms with van der Waals surface area (Å²) in [6, 6.07) is 7.83. The molecule has 2 aliphatic heterocycles. The van der Waals surface area contributed by atoms with Gasteiger partial charge >= 0.3 is 0 Å². The molecular weight excluding hydrogens is 474 g/mol. The Hall–Kier alpha value is -2.74. The number of benzene rings is 1. The van der Waals surface area contributed by atoms with Crippen LogP contribution in [-0.4, -0.2) is 46.2 Å². The van der Waals surface area contributed by atoms with Crippen LogP contribution in [0, 0.1) is 31.6 Å². The van der Waals surface area contributed by atoms with E-state index in [1.807, 2.05) is 43.5 Å². The largest absolute Gasteiger partial charge is 0.507 e. The molecule has 0 radical (unpaired) electrons. The molecule has 2 saturated heterocycles. The fourth-order valence-electron chi connectivity index (χ4n) is 6.19. The molecule has 3 heterocycles. The monoisotopic (exact) mass is 507 g/mol. The average Bonchev–Trinajstić information content (AvgIpc) is 3.57. The van der Waals surface area contributed by atoms with Crippen LogP contribution < -0.4 is 0 Å². The number of aliphatic hydroxyl groups is 1. The molecule has 1 aliphatic carbocycles. The number of aromatic hydroxyl groups is 1. The van der Waals surface area contributed by atoms with E-state index in [0.717, 1.165) is 45.6 Å². The number of aliphatic hydroxyl groups excluding tert-OH is 1. The van der Waals surface area contributed by atoms with Crippen LogP contribution in [0.1, 0.15) is 47.8 Å². The molecule has 2 amide bonds. The maximum Gasteiger partial charge on any atom is 0.234 e. The van der Waals surface area contributed by atoms with Gasteiger partial charge in [0.2, 0.25) is 11.8 Å². The molecule has 36 heavy (non-hydrogen) atoms. The van der Waals surface area contributed by atoms with Gasteiger partial charge in [0.15, 0.2) is 0 Å². The van der Waals surface area contributed by atoms with Gasteiger partial charge in [-0.3, -0.25) is 14.5 Å². The van der Waals surface area contributed by atoms with Crippen LogP contribution in [0.4, 0.5) is 0 Å². The summed E-state index contributed by atoms with van der Waals surface area (Å²) in [5.41, 5.74) is 5.88. The van der Waals surface area contributed by atoms with E-state index in [-0.39, 0.29) is 30.4 Å². The molecule has 0 bridgehead atoms. The van der Waals surface area contributed by atoms with Gasteiger partial charge in [0.05, 0.1) is 37.7 Å². The SMILES string of the molecule is C/C(=C\c1cc(C)c(O)c(C)c1)CC[C@H]1OC[C@H]2C1=C(CO)C[C@H]1C(=O)N(Cc3cccs3)C(=O)[C@H]12. The van der Waals surface area contributed by atoms with E-state index in [4.69, 9.17) is 4.74 Å². The predicted molar refractivity (Wildman–Crippen MR) is 139 cm³/mol. The molecule has 1 aromatic carbocycles. The van der Waals surface area contributed by atoms with Gasteiger partial charge in [0, 0.05) is 10.8 Å². The van der Waals surface area contributed by atoms with Gasteiger partial charge in [0.1, 0.15) is 5.75 Å². The van der Waals surface area contributed by atoms with Crippen LogP contribution in [0.3, 0.4) is 0 Å². The highest BCUT2D eigenvalue weighted by atomic mass is 32.1. The maximum atomic E-state index is 13.4. The smallest absolute Gasteiger partial charge is 0.234 e. The van der Waals surface area contributed by atoms with E-state index in [0.29, 0.717) is 25.3 Å². The van der Waals surface area contributed by atoms with Crippen molar-refractivity contribution in [3.63, 3.8) is 0 Å². The first-order valence-corrected chi connectivity index (χ1v) is 13.5. The lowest BCUT2D eigenvalue weighted by atomic mass is 9.69. The Morgan fingerprint density at radius 2 is 1.94 bits per heavy atom. The Bertz CT molecular complexity index is 1220. The van der Waals surface area contributed by atoms with Gasteiger partial charge in [-0.25, -0.2) is 0 Å². The molecule has 4 atom stereocenters. The number of amides is 2. The Balaban J connectivity index is 1.32. The van der Waals surface area contributed by atoms with Crippen molar-refractivity contribution in [3.05, 3.63) is 67.9 Å². The topological polar surface area (TPSA) is 87.1 Å². The van der Waals surface area contributed by atoms with Crippen molar-refractivity contribution in [1.29, 1.82) is 0 Å². The number of phenolic OH excluding ortho intramolecular Hbond substituents is 1. The zero-order chi connectivity index (χ0) is 25.6. The maximum absolute atomic E-state index is 13.4. The second kappa shape index (κ2) is 9.96. The van der Waals surface area contributed by atoms with Crippen LogP contribution >= 0.6 is 11.3 Å². The van der Waals surface area contributed by atoms with E-state index < -0.39 is 11.8 Å². The third kappa shape index (κ3) is 4.44. The van der Waals surface area contributed by atoms with Crippen molar-refractivity contribution in [1.82, 2.24) is 4.90 Å². The fourth-order valence-corrected chi connectivity index (χ4v) is 6.88. The molecule has 0 spiro atoms. The highest BCUT2D eigenvalue weighted by Gasteiger charge is 2.56. The summed E-state index contributed by atoms with van der Waals surface area (Å²) >= 11 is 1.54. The second-order valence-corrected chi connectivity index (χ2v) is 11.4. The van der Waals surface area contributed by atoms with E-state index in [1.165, 1.54) is 10.5 Å². The number of likely N-dealkylation sites (tertiary alicyclic amines) is 1. The molecule has 7 heteroatoms. The second-order valence-electron chi connectivity index (χ2n) is 10.4. The van der Waals surface area contributed by atoms with Crippen molar-refractivity contribution < 1.29 is 24.5 Å². The Morgan fingerprint density at radius 1 is 1.19 bits per heavy atom. The van der Waals surface area contributed by atoms with Crippen LogP contribution in [0.15, 0.2) is 46.4 Å². The lowest BCUT2D eigenvalue weighted by Gasteiger charge is -2.31. The van der Waals surface area contributed by atoms with Crippen LogP contribution in [0.2, 0.25) is 0 Å². The third-order valence-electron chi connectivity index (χ3n) is 7.91. The quantitative estimate of drug-likeness (QED) is 0.417. The minimum atomic E-state index is -0.404. The standard InChI is InChI=1S/C29H33NO5S/c1-16(9-19-10-17(2)27(32)18(3)11-19)6-7-24-25-20(14-31)12-22-26(23(25)15-35-24)29(34)30(28(22)33)13-21-5-4-8-36-21/h4-5,8-11,22-24,26,31-32H,6-7,12-15H2,1-3H3/b16-9+/t22-,23+,24-,26-/m1/s1. The normalized spacial score (nSPS) is 26.1. The number of carbonyl (C=O) groups excluding carboxylic acids is 2. The molecule has 0 unspecified atom stereocenters. The first kappa shape index (κ1) is 24.9. The van der Waals surface area contributed by atoms with Crippen molar-refractivity contribution in [3.8, 4) is 5.75 Å². The van der Waals surface area contributed by atoms with Gasteiger partial charge < -0.3 is 14.9 Å². The first-order chi connectivity index (χ1) is 17.3. The number of hydrogen-bond donors (Lipinski definition) is 2. The van der Waals surface area contributed by atoms with Crippen molar-refractivity contribution in [2.75, 3.05) is 13.2 Å². The van der Waals surface area contributed by atoms with E-state index in [9.17, 15) is 19.8 Å². The number of hydrogen-bond acceptors (Lipinski definition) is 6. The number of fused-ring (bicyclic) bond motifs is 3. The predicted octanol–water partition coefficient (Wildman–Crippen LogP) is 4.76. The molecule has 5 rings (SSSR count). The van der Waals surface area contributed by atoms with Gasteiger partial charge in [-0.1, -0.05) is 17.7 Å². The summed E-state index contributed by atoms with van der Waals surface area (Å²) in [5, 5.41) is 22.2. The summed E-state index contributed by atoms with van der Waals surface area (Å²) in [5.74, 6) is -0.831. The number of phenols is 1. The number of aryl methyl sites for hydroxylation is 2. The molecule has 2 N–H and O–H groups in total.